The van der Waals surface area contributed by atoms with Gasteiger partial charge in [0.2, 0.25) is 0 Å². The van der Waals surface area contributed by atoms with Crippen LogP contribution >= 0.6 is 0 Å². The molecule has 7 unspecified atom stereocenters. The topological polar surface area (TPSA) is 44.1 Å². The van der Waals surface area contributed by atoms with Gasteiger partial charge in [-0.05, 0) is 106 Å². The van der Waals surface area contributed by atoms with Crippen LogP contribution in [0.5, 0.6) is 0 Å². The fourth-order valence-corrected chi connectivity index (χ4v) is 8.14. The van der Waals surface area contributed by atoms with Gasteiger partial charge in [0.15, 0.2) is 0 Å². The van der Waals surface area contributed by atoms with Crippen LogP contribution in [-0.4, -0.2) is 16.4 Å². The number of fused-ring (bicyclic) bond motifs is 5. The molecule has 0 aliphatic heterocycles. The highest BCUT2D eigenvalue weighted by atomic mass is 16.3. The summed E-state index contributed by atoms with van der Waals surface area (Å²) in [5, 5.41) is 18.9. The maximum absolute atomic E-state index is 10.6. The molecular weight excluding hydrogens is 294 g/mol. The second kappa shape index (κ2) is 5.32. The first-order chi connectivity index (χ1) is 11.2. The summed E-state index contributed by atoms with van der Waals surface area (Å²) < 4.78 is 0. The van der Waals surface area contributed by atoms with Gasteiger partial charge < -0.3 is 10.5 Å². The normalized spacial score (nSPS) is 57.0. The third-order valence-electron chi connectivity index (χ3n) is 9.48. The highest BCUT2D eigenvalue weighted by molar-refractivity contribution is 5.82. The van der Waals surface area contributed by atoms with E-state index >= 15 is 0 Å². The van der Waals surface area contributed by atoms with Crippen LogP contribution in [0.25, 0.3) is 0 Å². The Hall–Kier alpha value is -0.370. The average Bonchev–Trinajstić information content (AvgIpc) is 2.85. The zero-order valence-corrected chi connectivity index (χ0v) is 16.2. The van der Waals surface area contributed by atoms with E-state index in [9.17, 15) is 5.11 Å². The molecule has 0 spiro atoms. The second-order valence-electron chi connectivity index (χ2n) is 10.7. The quantitative estimate of drug-likeness (QED) is 0.618. The van der Waals surface area contributed by atoms with Crippen LogP contribution in [0.3, 0.4) is 0 Å². The Morgan fingerprint density at radius 2 is 1.58 bits per heavy atom. The zero-order valence-electron chi connectivity index (χ0n) is 16.2. The second-order valence-corrected chi connectivity index (χ2v) is 10.7. The van der Waals surface area contributed by atoms with Gasteiger partial charge in [-0.25, -0.2) is 0 Å². The van der Waals surface area contributed by atoms with Crippen LogP contribution in [0.1, 0.15) is 85.5 Å². The van der Waals surface area contributed by atoms with Gasteiger partial charge in [0.25, 0.3) is 0 Å². The minimum absolute atomic E-state index is 0.399. The summed E-state index contributed by atoms with van der Waals surface area (Å²) in [6.07, 6.45) is 11.3. The standard InChI is InChI=1S/C22H37NO/c1-14(23)17-7-8-18-16-6-5-15-13-20(2,24)11-12-21(15,3)19(16)9-10-22(17,18)4/h15-19,23-24H,5-13H2,1-4H3/t15?,16?,17?,18?,19?,20-,21?,22?/m1/s1. The van der Waals surface area contributed by atoms with Crippen molar-refractivity contribution in [1.82, 2.24) is 0 Å². The van der Waals surface area contributed by atoms with E-state index in [1.54, 1.807) is 0 Å². The molecular formula is C22H37NO. The molecule has 4 saturated carbocycles. The predicted molar refractivity (Wildman–Crippen MR) is 99.2 cm³/mol. The SMILES string of the molecule is CC(=N)C1CCC2C3CCC4C[C@](C)(O)CCC4(C)C3CCC12C. The lowest BCUT2D eigenvalue weighted by Gasteiger charge is -2.62. The maximum Gasteiger partial charge on any atom is 0.0622 e. The van der Waals surface area contributed by atoms with Gasteiger partial charge in [-0.3, -0.25) is 0 Å². The summed E-state index contributed by atoms with van der Waals surface area (Å²) >= 11 is 0. The van der Waals surface area contributed by atoms with Crippen molar-refractivity contribution >= 4 is 5.71 Å². The summed E-state index contributed by atoms with van der Waals surface area (Å²) in [6.45, 7) is 9.20. The van der Waals surface area contributed by atoms with Crippen molar-refractivity contribution in [3.63, 3.8) is 0 Å². The molecule has 24 heavy (non-hydrogen) atoms. The lowest BCUT2D eigenvalue weighted by atomic mass is 9.44. The van der Waals surface area contributed by atoms with Crippen molar-refractivity contribution in [2.45, 2.75) is 91.1 Å². The zero-order chi connectivity index (χ0) is 17.3. The van der Waals surface area contributed by atoms with Gasteiger partial charge in [0, 0.05) is 11.6 Å². The van der Waals surface area contributed by atoms with Gasteiger partial charge in [0.05, 0.1) is 5.60 Å². The number of rotatable bonds is 1. The van der Waals surface area contributed by atoms with E-state index in [4.69, 9.17) is 5.41 Å². The molecule has 4 rings (SSSR count). The lowest BCUT2D eigenvalue weighted by molar-refractivity contribution is -0.144. The molecule has 0 bridgehead atoms. The molecule has 2 nitrogen and oxygen atoms in total. The van der Waals surface area contributed by atoms with Crippen molar-refractivity contribution in [3.05, 3.63) is 0 Å². The number of hydrogen-bond acceptors (Lipinski definition) is 2. The molecule has 8 atom stereocenters. The first kappa shape index (κ1) is 17.1. The van der Waals surface area contributed by atoms with Gasteiger partial charge in [-0.15, -0.1) is 0 Å². The fourth-order valence-electron chi connectivity index (χ4n) is 8.14. The third kappa shape index (κ3) is 2.27. The molecule has 0 amide bonds. The minimum Gasteiger partial charge on any atom is -0.390 e. The van der Waals surface area contributed by atoms with Crippen LogP contribution < -0.4 is 0 Å². The minimum atomic E-state index is -0.421. The van der Waals surface area contributed by atoms with Gasteiger partial charge in [-0.1, -0.05) is 13.8 Å². The lowest BCUT2D eigenvalue weighted by Crippen LogP contribution is -2.55. The molecule has 0 saturated heterocycles. The Balaban J connectivity index is 1.61. The van der Waals surface area contributed by atoms with Crippen LogP contribution in [0.15, 0.2) is 0 Å². The van der Waals surface area contributed by atoms with E-state index < -0.39 is 5.60 Å². The van der Waals surface area contributed by atoms with E-state index in [1.165, 1.54) is 44.9 Å². The maximum atomic E-state index is 10.6. The molecule has 2 heteroatoms. The molecule has 0 aromatic heterocycles. The van der Waals surface area contributed by atoms with Gasteiger partial charge in [-0.2, -0.15) is 0 Å². The molecule has 4 aliphatic rings. The number of aliphatic hydroxyl groups is 1. The molecule has 136 valence electrons. The monoisotopic (exact) mass is 331 g/mol. The van der Waals surface area contributed by atoms with Crippen LogP contribution in [0.2, 0.25) is 0 Å². The smallest absolute Gasteiger partial charge is 0.0622 e. The Bertz CT molecular complexity index is 540. The highest BCUT2D eigenvalue weighted by Gasteiger charge is 2.61. The van der Waals surface area contributed by atoms with Gasteiger partial charge in [0.1, 0.15) is 0 Å². The predicted octanol–water partition coefficient (Wildman–Crippen LogP) is 5.44. The van der Waals surface area contributed by atoms with E-state index in [0.717, 1.165) is 42.2 Å². The third-order valence-corrected chi connectivity index (χ3v) is 9.48. The molecule has 0 aromatic rings. The van der Waals surface area contributed by atoms with Crippen molar-refractivity contribution in [1.29, 1.82) is 5.41 Å². The number of hydrogen-bond donors (Lipinski definition) is 2. The van der Waals surface area contributed by atoms with Gasteiger partial charge >= 0.3 is 0 Å². The largest absolute Gasteiger partial charge is 0.390 e. The van der Waals surface area contributed by atoms with Crippen LogP contribution in [0.4, 0.5) is 0 Å². The molecule has 4 fully saturated rings. The number of nitrogens with one attached hydrogen (secondary N) is 1. The van der Waals surface area contributed by atoms with Crippen LogP contribution in [0, 0.1) is 45.8 Å². The van der Waals surface area contributed by atoms with Crippen molar-refractivity contribution in [2.24, 2.45) is 40.4 Å². The summed E-state index contributed by atoms with van der Waals surface area (Å²) in [5.41, 5.74) is 1.38. The van der Waals surface area contributed by atoms with Crippen molar-refractivity contribution in [2.75, 3.05) is 0 Å². The van der Waals surface area contributed by atoms with Crippen molar-refractivity contribution < 1.29 is 5.11 Å². The van der Waals surface area contributed by atoms with E-state index in [0.29, 0.717) is 16.7 Å². The van der Waals surface area contributed by atoms with E-state index in [1.807, 2.05) is 6.92 Å². The molecule has 0 heterocycles. The Labute approximate surface area is 148 Å². The van der Waals surface area contributed by atoms with E-state index in [-0.39, 0.29) is 0 Å². The summed E-state index contributed by atoms with van der Waals surface area (Å²) in [5.74, 6) is 3.88. The fraction of sp³-hybridized carbons (Fsp3) is 0.955. The van der Waals surface area contributed by atoms with E-state index in [2.05, 4.69) is 20.8 Å². The van der Waals surface area contributed by atoms with Crippen LogP contribution in [-0.2, 0) is 0 Å². The molecule has 0 aromatic carbocycles. The first-order valence-corrected chi connectivity index (χ1v) is 10.4. The molecule has 4 aliphatic carbocycles. The van der Waals surface area contributed by atoms with Crippen molar-refractivity contribution in [3.8, 4) is 0 Å². The Morgan fingerprint density at radius 1 is 0.875 bits per heavy atom. The molecule has 2 N–H and O–H groups in total. The summed E-state index contributed by atoms with van der Waals surface area (Å²) in [4.78, 5) is 0. The average molecular weight is 332 g/mol. The summed E-state index contributed by atoms with van der Waals surface area (Å²) in [7, 11) is 0. The molecule has 0 radical (unpaired) electrons. The highest BCUT2D eigenvalue weighted by Crippen LogP contribution is 2.68. The summed E-state index contributed by atoms with van der Waals surface area (Å²) in [6, 6.07) is 0. The Kier molecular flexibility index (Phi) is 3.78. The Morgan fingerprint density at radius 3 is 2.29 bits per heavy atom. The first-order valence-electron chi connectivity index (χ1n) is 10.4.